The topological polar surface area (TPSA) is 69.6 Å². The number of aryl methyl sites for hydroxylation is 1. The van der Waals surface area contributed by atoms with E-state index in [0.717, 1.165) is 5.56 Å². The van der Waals surface area contributed by atoms with Gasteiger partial charge < -0.3 is 15.3 Å². The number of phenols is 1. The third-order valence-electron chi connectivity index (χ3n) is 4.60. The lowest BCUT2D eigenvalue weighted by atomic mass is 10.1. The molecule has 0 spiro atoms. The van der Waals surface area contributed by atoms with Gasteiger partial charge in [0.1, 0.15) is 11.6 Å². The molecule has 5 nitrogen and oxygen atoms in total. The van der Waals surface area contributed by atoms with Crippen molar-refractivity contribution in [3.05, 3.63) is 65.0 Å². The average molecular weight is 356 g/mol. The highest BCUT2D eigenvalue weighted by Gasteiger charge is 2.30. The van der Waals surface area contributed by atoms with Crippen molar-refractivity contribution in [2.45, 2.75) is 25.8 Å². The van der Waals surface area contributed by atoms with E-state index in [1.54, 1.807) is 36.1 Å². The van der Waals surface area contributed by atoms with E-state index in [2.05, 4.69) is 5.32 Å². The van der Waals surface area contributed by atoms with Crippen molar-refractivity contribution in [2.24, 2.45) is 0 Å². The molecular weight excluding hydrogens is 335 g/mol. The highest BCUT2D eigenvalue weighted by Crippen LogP contribution is 2.18. The minimum atomic E-state index is -0.307. The lowest BCUT2D eigenvalue weighted by molar-refractivity contribution is -0.127. The maximum atomic E-state index is 12.9. The molecule has 0 saturated carbocycles. The Kier molecular flexibility index (Phi) is 5.21. The van der Waals surface area contributed by atoms with Crippen molar-refractivity contribution in [1.82, 2.24) is 10.2 Å². The lowest BCUT2D eigenvalue weighted by Gasteiger charge is -2.17. The number of carbonyl (C=O) groups excluding carboxylic acids is 2. The maximum Gasteiger partial charge on any atom is 0.251 e. The number of halogens is 1. The summed E-state index contributed by atoms with van der Waals surface area (Å²) in [7, 11) is 0. The van der Waals surface area contributed by atoms with Crippen LogP contribution >= 0.6 is 0 Å². The van der Waals surface area contributed by atoms with E-state index >= 15 is 0 Å². The number of nitrogens with one attached hydrogen (secondary N) is 1. The Balaban J connectivity index is 1.54. The van der Waals surface area contributed by atoms with Gasteiger partial charge in [-0.25, -0.2) is 4.39 Å². The molecule has 3 rings (SSSR count). The van der Waals surface area contributed by atoms with E-state index < -0.39 is 0 Å². The Labute approximate surface area is 151 Å². The predicted octanol–water partition coefficient (Wildman–Crippen LogP) is 2.41. The van der Waals surface area contributed by atoms with Gasteiger partial charge in [0.2, 0.25) is 5.91 Å². The normalized spacial score (nSPS) is 16.8. The molecule has 0 radical (unpaired) electrons. The SMILES string of the molecule is Cc1ccc(C(=O)N[C@H]2CC(=O)N(CCc3ccc(F)cc3)C2)cc1O. The molecule has 1 heterocycles. The molecule has 0 unspecified atom stereocenters. The molecule has 0 aliphatic carbocycles. The molecule has 0 aromatic heterocycles. The molecule has 1 saturated heterocycles. The first-order valence-corrected chi connectivity index (χ1v) is 8.55. The minimum Gasteiger partial charge on any atom is -0.508 e. The zero-order chi connectivity index (χ0) is 18.7. The molecule has 1 aliphatic heterocycles. The van der Waals surface area contributed by atoms with Gasteiger partial charge in [-0.3, -0.25) is 9.59 Å². The molecule has 2 aromatic rings. The van der Waals surface area contributed by atoms with Crippen LogP contribution in [0.25, 0.3) is 0 Å². The summed E-state index contributed by atoms with van der Waals surface area (Å²) in [6, 6.07) is 10.7. The highest BCUT2D eigenvalue weighted by atomic mass is 19.1. The van der Waals surface area contributed by atoms with Crippen molar-refractivity contribution in [2.75, 3.05) is 13.1 Å². The van der Waals surface area contributed by atoms with E-state index in [9.17, 15) is 19.1 Å². The van der Waals surface area contributed by atoms with Crippen molar-refractivity contribution in [1.29, 1.82) is 0 Å². The quantitative estimate of drug-likeness (QED) is 0.864. The highest BCUT2D eigenvalue weighted by molar-refractivity contribution is 5.95. The van der Waals surface area contributed by atoms with E-state index in [1.165, 1.54) is 18.2 Å². The molecule has 2 amide bonds. The van der Waals surface area contributed by atoms with E-state index in [0.29, 0.717) is 30.6 Å². The Morgan fingerprint density at radius 3 is 2.69 bits per heavy atom. The number of rotatable bonds is 5. The second-order valence-corrected chi connectivity index (χ2v) is 6.59. The van der Waals surface area contributed by atoms with Crippen molar-refractivity contribution >= 4 is 11.8 Å². The Morgan fingerprint density at radius 1 is 1.27 bits per heavy atom. The summed E-state index contributed by atoms with van der Waals surface area (Å²) in [6.07, 6.45) is 0.894. The number of aromatic hydroxyl groups is 1. The zero-order valence-corrected chi connectivity index (χ0v) is 14.5. The van der Waals surface area contributed by atoms with Crippen LogP contribution in [-0.2, 0) is 11.2 Å². The molecular formula is C20H21FN2O3. The number of carbonyl (C=O) groups is 2. The number of hydrogen-bond donors (Lipinski definition) is 2. The van der Waals surface area contributed by atoms with Gasteiger partial charge in [-0.1, -0.05) is 18.2 Å². The number of hydrogen-bond acceptors (Lipinski definition) is 3. The fraction of sp³-hybridized carbons (Fsp3) is 0.300. The number of phenolic OH excluding ortho intramolecular Hbond substituents is 1. The van der Waals surface area contributed by atoms with Gasteiger partial charge in [0.15, 0.2) is 0 Å². The molecule has 2 aromatic carbocycles. The molecule has 1 fully saturated rings. The molecule has 2 N–H and O–H groups in total. The van der Waals surface area contributed by atoms with Crippen LogP contribution < -0.4 is 5.32 Å². The Hall–Kier alpha value is -2.89. The number of nitrogens with zero attached hydrogens (tertiary/aromatic N) is 1. The fourth-order valence-electron chi connectivity index (χ4n) is 3.02. The smallest absolute Gasteiger partial charge is 0.251 e. The lowest BCUT2D eigenvalue weighted by Crippen LogP contribution is -2.37. The molecule has 136 valence electrons. The van der Waals surface area contributed by atoms with Crippen LogP contribution in [0.1, 0.15) is 27.9 Å². The number of benzene rings is 2. The first-order valence-electron chi connectivity index (χ1n) is 8.55. The van der Waals surface area contributed by atoms with E-state index in [-0.39, 0.29) is 35.8 Å². The van der Waals surface area contributed by atoms with Crippen molar-refractivity contribution in [3.63, 3.8) is 0 Å². The molecule has 0 bridgehead atoms. The number of likely N-dealkylation sites (tertiary alicyclic amines) is 1. The van der Waals surface area contributed by atoms with Gasteiger partial charge in [0, 0.05) is 25.1 Å². The first kappa shape index (κ1) is 17.9. The van der Waals surface area contributed by atoms with Crippen LogP contribution in [0.5, 0.6) is 5.75 Å². The minimum absolute atomic E-state index is 0.0100. The van der Waals surface area contributed by atoms with E-state index in [4.69, 9.17) is 0 Å². The molecule has 6 heteroatoms. The molecule has 1 atom stereocenters. The standard InChI is InChI=1S/C20H21FN2O3/c1-13-2-5-15(10-18(13)24)20(26)22-17-11-19(25)23(12-17)9-8-14-3-6-16(21)7-4-14/h2-7,10,17,24H,8-9,11-12H2,1H3,(H,22,26)/t17-/m0/s1. The summed E-state index contributed by atoms with van der Waals surface area (Å²) >= 11 is 0. The fourth-order valence-corrected chi connectivity index (χ4v) is 3.02. The van der Waals surface area contributed by atoms with Crippen LogP contribution in [0.4, 0.5) is 4.39 Å². The third-order valence-corrected chi connectivity index (χ3v) is 4.60. The van der Waals surface area contributed by atoms with Gasteiger partial charge >= 0.3 is 0 Å². The summed E-state index contributed by atoms with van der Waals surface area (Å²) in [4.78, 5) is 26.2. The van der Waals surface area contributed by atoms with Crippen molar-refractivity contribution < 1.29 is 19.1 Å². The largest absolute Gasteiger partial charge is 0.508 e. The van der Waals surface area contributed by atoms with Crippen LogP contribution in [0, 0.1) is 12.7 Å². The summed E-state index contributed by atoms with van der Waals surface area (Å²) in [6.45, 7) is 2.73. The van der Waals surface area contributed by atoms with Crippen molar-refractivity contribution in [3.8, 4) is 5.75 Å². The van der Waals surface area contributed by atoms with Crippen LogP contribution in [0.15, 0.2) is 42.5 Å². The predicted molar refractivity (Wildman–Crippen MR) is 95.4 cm³/mol. The Bertz CT molecular complexity index is 820. The van der Waals surface area contributed by atoms with Crippen LogP contribution in [-0.4, -0.2) is 41.0 Å². The van der Waals surface area contributed by atoms with Gasteiger partial charge in [-0.05, 0) is 48.7 Å². The third kappa shape index (κ3) is 4.20. The van der Waals surface area contributed by atoms with Gasteiger partial charge in [0.25, 0.3) is 5.91 Å². The summed E-state index contributed by atoms with van der Waals surface area (Å²) in [5.41, 5.74) is 2.02. The summed E-state index contributed by atoms with van der Waals surface area (Å²) in [5.74, 6) is -0.528. The van der Waals surface area contributed by atoms with Crippen LogP contribution in [0.2, 0.25) is 0 Å². The molecule has 26 heavy (non-hydrogen) atoms. The molecule has 1 aliphatic rings. The average Bonchev–Trinajstić information content (AvgIpc) is 2.96. The van der Waals surface area contributed by atoms with E-state index in [1.807, 2.05) is 0 Å². The van der Waals surface area contributed by atoms with Gasteiger partial charge in [-0.15, -0.1) is 0 Å². The second-order valence-electron chi connectivity index (χ2n) is 6.59. The first-order chi connectivity index (χ1) is 12.4. The summed E-state index contributed by atoms with van der Waals surface area (Å²) < 4.78 is 12.9. The van der Waals surface area contributed by atoms with Crippen LogP contribution in [0.3, 0.4) is 0 Å². The van der Waals surface area contributed by atoms with Gasteiger partial charge in [-0.2, -0.15) is 0 Å². The second kappa shape index (κ2) is 7.56. The maximum absolute atomic E-state index is 12.9. The monoisotopic (exact) mass is 356 g/mol. The Morgan fingerprint density at radius 2 is 2.00 bits per heavy atom. The van der Waals surface area contributed by atoms with Gasteiger partial charge in [0.05, 0.1) is 6.04 Å². The zero-order valence-electron chi connectivity index (χ0n) is 14.5. The summed E-state index contributed by atoms with van der Waals surface area (Å²) in [5, 5.41) is 12.6. The number of amides is 2.